The van der Waals surface area contributed by atoms with Crippen molar-refractivity contribution in [1.82, 2.24) is 5.16 Å². The van der Waals surface area contributed by atoms with Crippen LogP contribution in [0.3, 0.4) is 0 Å². The fourth-order valence-electron chi connectivity index (χ4n) is 1.09. The molecule has 2 N–H and O–H groups in total. The second-order valence-electron chi connectivity index (χ2n) is 4.38. The van der Waals surface area contributed by atoms with Crippen LogP contribution in [0.15, 0.2) is 9.68 Å². The predicted octanol–water partition coefficient (Wildman–Crippen LogP) is 2.14. The number of hydrogen-bond acceptors (Lipinski definition) is 6. The first-order valence-electron chi connectivity index (χ1n) is 4.97. The smallest absolute Gasteiger partial charge is 0.412 e. The molecule has 0 spiro atoms. The van der Waals surface area contributed by atoms with Gasteiger partial charge in [0.05, 0.1) is 0 Å². The Kier molecular flexibility index (Phi) is 3.72. The van der Waals surface area contributed by atoms with E-state index in [1.165, 1.54) is 0 Å². The molecular formula is C10H15N3O4. The maximum Gasteiger partial charge on any atom is 0.412 e. The Bertz CT molecular complexity index is 431. The maximum atomic E-state index is 11.5. The largest absolute Gasteiger partial charge is 0.444 e. The van der Waals surface area contributed by atoms with Crippen LogP contribution in [0.5, 0.6) is 0 Å². The molecule has 1 rings (SSSR count). The number of carbonyl (C=O) groups excluding carboxylic acids is 1. The molecule has 0 unspecified atom stereocenters. The molecule has 0 saturated carbocycles. The Morgan fingerprint density at radius 3 is 2.76 bits per heavy atom. The standard InChI is InChI=1S/C10H15N3O4/c1-6-8(7(5-11-15)17-13-6)12-9(14)16-10(2,3)4/h5,15H,1-4H3,(H,12,14)/b11-5-. The minimum Gasteiger partial charge on any atom is -0.444 e. The fourth-order valence-corrected chi connectivity index (χ4v) is 1.09. The van der Waals surface area contributed by atoms with Crippen LogP contribution in [0.2, 0.25) is 0 Å². The molecule has 1 aromatic heterocycles. The van der Waals surface area contributed by atoms with Crippen LogP contribution in [0.4, 0.5) is 10.5 Å². The molecule has 0 aromatic carbocycles. The van der Waals surface area contributed by atoms with Gasteiger partial charge in [0.1, 0.15) is 23.2 Å². The number of anilines is 1. The molecule has 0 saturated heterocycles. The van der Waals surface area contributed by atoms with Crippen molar-refractivity contribution < 1.29 is 19.3 Å². The first kappa shape index (κ1) is 13.0. The molecule has 0 radical (unpaired) electrons. The second kappa shape index (κ2) is 4.86. The molecule has 0 aliphatic carbocycles. The van der Waals surface area contributed by atoms with Crippen molar-refractivity contribution in [1.29, 1.82) is 0 Å². The van der Waals surface area contributed by atoms with E-state index >= 15 is 0 Å². The number of amides is 1. The SMILES string of the molecule is Cc1noc(/C=N\O)c1NC(=O)OC(C)(C)C. The van der Waals surface area contributed by atoms with E-state index in [2.05, 4.69) is 15.6 Å². The number of nitrogens with zero attached hydrogens (tertiary/aromatic N) is 2. The first-order valence-corrected chi connectivity index (χ1v) is 4.97. The van der Waals surface area contributed by atoms with Gasteiger partial charge in [-0.1, -0.05) is 10.3 Å². The highest BCUT2D eigenvalue weighted by Crippen LogP contribution is 2.19. The van der Waals surface area contributed by atoms with Gasteiger partial charge in [0, 0.05) is 0 Å². The lowest BCUT2D eigenvalue weighted by Crippen LogP contribution is -2.27. The molecule has 0 fully saturated rings. The van der Waals surface area contributed by atoms with Crippen LogP contribution in [0, 0.1) is 6.92 Å². The molecule has 1 heterocycles. The van der Waals surface area contributed by atoms with Crippen LogP contribution < -0.4 is 5.32 Å². The summed E-state index contributed by atoms with van der Waals surface area (Å²) in [6, 6.07) is 0. The van der Waals surface area contributed by atoms with E-state index in [1.54, 1.807) is 27.7 Å². The molecule has 7 nitrogen and oxygen atoms in total. The molecule has 0 aliphatic heterocycles. The summed E-state index contributed by atoms with van der Waals surface area (Å²) < 4.78 is 9.91. The highest BCUT2D eigenvalue weighted by Gasteiger charge is 2.20. The van der Waals surface area contributed by atoms with Gasteiger partial charge in [0.2, 0.25) is 5.76 Å². The van der Waals surface area contributed by atoms with E-state index in [1.807, 2.05) is 0 Å². The number of ether oxygens (including phenoxy) is 1. The first-order chi connectivity index (χ1) is 7.83. The van der Waals surface area contributed by atoms with E-state index in [9.17, 15) is 4.79 Å². The lowest BCUT2D eigenvalue weighted by Gasteiger charge is -2.19. The third kappa shape index (κ3) is 3.78. The number of aromatic nitrogens is 1. The molecule has 7 heteroatoms. The van der Waals surface area contributed by atoms with Gasteiger partial charge in [-0.05, 0) is 27.7 Å². The summed E-state index contributed by atoms with van der Waals surface area (Å²) in [5, 5.41) is 17.3. The Balaban J connectivity index is 2.81. The van der Waals surface area contributed by atoms with Gasteiger partial charge in [-0.2, -0.15) is 0 Å². The summed E-state index contributed by atoms with van der Waals surface area (Å²) in [4.78, 5) is 11.5. The summed E-state index contributed by atoms with van der Waals surface area (Å²) >= 11 is 0. The van der Waals surface area contributed by atoms with Gasteiger partial charge in [0.15, 0.2) is 0 Å². The average Bonchev–Trinajstić information content (AvgIpc) is 2.47. The van der Waals surface area contributed by atoms with Crippen molar-refractivity contribution in [3.63, 3.8) is 0 Å². The van der Waals surface area contributed by atoms with E-state index in [-0.39, 0.29) is 5.76 Å². The fraction of sp³-hybridized carbons (Fsp3) is 0.500. The summed E-state index contributed by atoms with van der Waals surface area (Å²) in [6.45, 7) is 6.90. The molecule has 0 aliphatic rings. The number of nitrogens with one attached hydrogen (secondary N) is 1. The highest BCUT2D eigenvalue weighted by molar-refractivity contribution is 5.93. The Hall–Kier alpha value is -2.05. The van der Waals surface area contributed by atoms with E-state index < -0.39 is 11.7 Å². The Morgan fingerprint density at radius 1 is 1.59 bits per heavy atom. The number of rotatable bonds is 2. The van der Waals surface area contributed by atoms with Crippen molar-refractivity contribution >= 4 is 18.0 Å². The molecule has 94 valence electrons. The van der Waals surface area contributed by atoms with Crippen molar-refractivity contribution in [3.8, 4) is 0 Å². The van der Waals surface area contributed by atoms with Gasteiger partial charge in [-0.25, -0.2) is 4.79 Å². The molecule has 0 atom stereocenters. The normalized spacial score (nSPS) is 11.8. The zero-order valence-corrected chi connectivity index (χ0v) is 10.1. The minimum atomic E-state index is -0.628. The van der Waals surface area contributed by atoms with Crippen LogP contribution in [0.25, 0.3) is 0 Å². The lowest BCUT2D eigenvalue weighted by molar-refractivity contribution is 0.0635. The van der Waals surface area contributed by atoms with Gasteiger partial charge in [-0.15, -0.1) is 0 Å². The van der Waals surface area contributed by atoms with E-state index in [4.69, 9.17) is 14.5 Å². The van der Waals surface area contributed by atoms with Crippen molar-refractivity contribution in [3.05, 3.63) is 11.5 Å². The molecule has 0 bridgehead atoms. The van der Waals surface area contributed by atoms with Crippen molar-refractivity contribution in [2.24, 2.45) is 5.16 Å². The van der Waals surface area contributed by atoms with Crippen molar-refractivity contribution in [2.45, 2.75) is 33.3 Å². The maximum absolute atomic E-state index is 11.5. The molecule has 1 amide bonds. The van der Waals surface area contributed by atoms with Gasteiger partial charge < -0.3 is 14.5 Å². The van der Waals surface area contributed by atoms with E-state index in [0.29, 0.717) is 11.4 Å². The third-order valence-corrected chi connectivity index (χ3v) is 1.69. The number of hydrogen-bond donors (Lipinski definition) is 2. The summed E-state index contributed by atoms with van der Waals surface area (Å²) in [7, 11) is 0. The third-order valence-electron chi connectivity index (χ3n) is 1.69. The summed E-state index contributed by atoms with van der Waals surface area (Å²) in [6.07, 6.45) is 0.406. The van der Waals surface area contributed by atoms with E-state index in [0.717, 1.165) is 6.21 Å². The monoisotopic (exact) mass is 241 g/mol. The predicted molar refractivity (Wildman–Crippen MR) is 60.5 cm³/mol. The molecule has 17 heavy (non-hydrogen) atoms. The number of carbonyl (C=O) groups is 1. The zero-order chi connectivity index (χ0) is 13.1. The van der Waals surface area contributed by atoms with Crippen LogP contribution in [-0.4, -0.2) is 28.3 Å². The van der Waals surface area contributed by atoms with Crippen molar-refractivity contribution in [2.75, 3.05) is 5.32 Å². The molecular weight excluding hydrogens is 226 g/mol. The quantitative estimate of drug-likeness (QED) is 0.469. The van der Waals surface area contributed by atoms with Crippen LogP contribution >= 0.6 is 0 Å². The summed E-state index contributed by atoms with van der Waals surface area (Å²) in [5.74, 6) is 0.149. The Labute approximate surface area is 98.4 Å². The van der Waals surface area contributed by atoms with Gasteiger partial charge in [-0.3, -0.25) is 5.32 Å². The minimum absolute atomic E-state index is 0.149. The molecule has 1 aromatic rings. The number of oxime groups is 1. The second-order valence-corrected chi connectivity index (χ2v) is 4.38. The number of aryl methyl sites for hydroxylation is 1. The van der Waals surface area contributed by atoms with Crippen LogP contribution in [-0.2, 0) is 4.74 Å². The van der Waals surface area contributed by atoms with Gasteiger partial charge in [0.25, 0.3) is 0 Å². The van der Waals surface area contributed by atoms with Crippen LogP contribution in [0.1, 0.15) is 32.2 Å². The average molecular weight is 241 g/mol. The summed E-state index contributed by atoms with van der Waals surface area (Å²) in [5.41, 5.74) is 0.184. The Morgan fingerprint density at radius 2 is 2.24 bits per heavy atom. The highest BCUT2D eigenvalue weighted by atomic mass is 16.6. The lowest BCUT2D eigenvalue weighted by atomic mass is 10.2. The van der Waals surface area contributed by atoms with Gasteiger partial charge >= 0.3 is 6.09 Å². The topological polar surface area (TPSA) is 97.0 Å². The zero-order valence-electron chi connectivity index (χ0n) is 10.1.